The van der Waals surface area contributed by atoms with E-state index in [0.29, 0.717) is 0 Å². The van der Waals surface area contributed by atoms with Gasteiger partial charge in [0.15, 0.2) is 0 Å². The monoisotopic (exact) mass is 224 g/mol. The Morgan fingerprint density at radius 3 is 2.80 bits per heavy atom. The lowest BCUT2D eigenvalue weighted by molar-refractivity contribution is 0.167. The Bertz CT molecular complexity index is 313. The van der Waals surface area contributed by atoms with Gasteiger partial charge >= 0.3 is 0 Å². The van der Waals surface area contributed by atoms with E-state index in [4.69, 9.17) is 0 Å². The molecule has 0 atom stereocenters. The highest BCUT2D eigenvalue weighted by molar-refractivity contribution is 7.09. The summed E-state index contributed by atoms with van der Waals surface area (Å²) in [5.41, 5.74) is 1.20. The third kappa shape index (κ3) is 2.79. The summed E-state index contributed by atoms with van der Waals surface area (Å²) in [5.74, 6) is 1.80. The second-order valence-electron chi connectivity index (χ2n) is 4.91. The van der Waals surface area contributed by atoms with E-state index >= 15 is 0 Å². The number of aryl methyl sites for hydroxylation is 1. The summed E-state index contributed by atoms with van der Waals surface area (Å²) in [4.78, 5) is 4.45. The number of hydrogen-bond donors (Lipinski definition) is 1. The Kier molecular flexibility index (Phi) is 3.42. The Morgan fingerprint density at radius 1 is 1.53 bits per heavy atom. The maximum Gasteiger partial charge on any atom is 0.0897 e. The van der Waals surface area contributed by atoms with Gasteiger partial charge in [-0.05, 0) is 31.6 Å². The molecule has 1 fully saturated rings. The van der Waals surface area contributed by atoms with Crippen molar-refractivity contribution in [3.8, 4) is 0 Å². The average molecular weight is 224 g/mol. The molecule has 0 radical (unpaired) electrons. The molecule has 0 aliphatic heterocycles. The Morgan fingerprint density at radius 2 is 2.27 bits per heavy atom. The topological polar surface area (TPSA) is 24.9 Å². The van der Waals surface area contributed by atoms with E-state index in [1.165, 1.54) is 23.5 Å². The van der Waals surface area contributed by atoms with E-state index < -0.39 is 0 Å². The van der Waals surface area contributed by atoms with Crippen molar-refractivity contribution >= 4 is 11.3 Å². The molecule has 1 saturated carbocycles. The number of rotatable bonds is 4. The van der Waals surface area contributed by atoms with Crippen LogP contribution in [0, 0.1) is 18.8 Å². The number of thiazole rings is 1. The molecule has 0 bridgehead atoms. The van der Waals surface area contributed by atoms with Crippen molar-refractivity contribution in [3.05, 3.63) is 16.1 Å². The molecule has 0 spiro atoms. The molecule has 1 heterocycles. The molecule has 1 N–H and O–H groups in total. The Balaban J connectivity index is 1.68. The maximum absolute atomic E-state index is 4.45. The zero-order valence-corrected chi connectivity index (χ0v) is 10.6. The number of nitrogens with zero attached hydrogens (tertiary/aromatic N) is 1. The summed E-state index contributed by atoms with van der Waals surface area (Å²) in [7, 11) is 0. The minimum Gasteiger partial charge on any atom is -0.308 e. The van der Waals surface area contributed by atoms with Crippen LogP contribution in [0.2, 0.25) is 0 Å². The molecule has 0 amide bonds. The molecular formula is C12H20N2S. The van der Waals surface area contributed by atoms with Gasteiger partial charge in [-0.15, -0.1) is 11.3 Å². The SMILES string of the molecule is Cc1nc(CNC2CC(C(C)C)C2)cs1. The number of aromatic nitrogens is 1. The van der Waals surface area contributed by atoms with Gasteiger partial charge in [-0.25, -0.2) is 4.98 Å². The van der Waals surface area contributed by atoms with Gasteiger partial charge in [0, 0.05) is 18.0 Å². The van der Waals surface area contributed by atoms with Crippen LogP contribution >= 0.6 is 11.3 Å². The molecule has 1 aliphatic carbocycles. The zero-order chi connectivity index (χ0) is 10.8. The van der Waals surface area contributed by atoms with Gasteiger partial charge in [0.05, 0.1) is 10.7 Å². The fourth-order valence-corrected chi connectivity index (χ4v) is 2.72. The molecule has 1 aliphatic rings. The van der Waals surface area contributed by atoms with Crippen LogP contribution in [0.5, 0.6) is 0 Å². The van der Waals surface area contributed by atoms with E-state index in [1.807, 2.05) is 0 Å². The van der Waals surface area contributed by atoms with Crippen LogP contribution in [0.1, 0.15) is 37.4 Å². The molecule has 0 unspecified atom stereocenters. The fourth-order valence-electron chi connectivity index (χ4n) is 2.11. The van der Waals surface area contributed by atoms with Crippen molar-refractivity contribution < 1.29 is 0 Å². The minimum absolute atomic E-state index is 0.736. The highest BCUT2D eigenvalue weighted by Gasteiger charge is 2.30. The van der Waals surface area contributed by atoms with E-state index in [1.54, 1.807) is 11.3 Å². The van der Waals surface area contributed by atoms with Gasteiger partial charge < -0.3 is 5.32 Å². The quantitative estimate of drug-likeness (QED) is 0.850. The highest BCUT2D eigenvalue weighted by atomic mass is 32.1. The van der Waals surface area contributed by atoms with Crippen LogP contribution in [0.4, 0.5) is 0 Å². The molecular weight excluding hydrogens is 204 g/mol. The zero-order valence-electron chi connectivity index (χ0n) is 9.79. The molecule has 15 heavy (non-hydrogen) atoms. The first-order valence-electron chi connectivity index (χ1n) is 5.79. The fraction of sp³-hybridized carbons (Fsp3) is 0.750. The van der Waals surface area contributed by atoms with Crippen molar-refractivity contribution in [3.63, 3.8) is 0 Å². The van der Waals surface area contributed by atoms with Crippen molar-refractivity contribution in [1.29, 1.82) is 0 Å². The summed E-state index contributed by atoms with van der Waals surface area (Å²) in [6, 6.07) is 0.736. The summed E-state index contributed by atoms with van der Waals surface area (Å²) >= 11 is 1.74. The van der Waals surface area contributed by atoms with Crippen LogP contribution in [0.15, 0.2) is 5.38 Å². The van der Waals surface area contributed by atoms with Crippen molar-refractivity contribution in [2.75, 3.05) is 0 Å². The first kappa shape index (κ1) is 11.1. The second-order valence-corrected chi connectivity index (χ2v) is 5.97. The molecule has 2 rings (SSSR count). The Labute approximate surface area is 96.1 Å². The van der Waals surface area contributed by atoms with Crippen LogP contribution in [0.25, 0.3) is 0 Å². The summed E-state index contributed by atoms with van der Waals surface area (Å²) in [6.45, 7) is 7.65. The van der Waals surface area contributed by atoms with Gasteiger partial charge in [-0.2, -0.15) is 0 Å². The van der Waals surface area contributed by atoms with Gasteiger partial charge in [0.1, 0.15) is 0 Å². The van der Waals surface area contributed by atoms with Gasteiger partial charge in [0.25, 0.3) is 0 Å². The smallest absolute Gasteiger partial charge is 0.0897 e. The first-order valence-corrected chi connectivity index (χ1v) is 6.67. The number of hydrogen-bond acceptors (Lipinski definition) is 3. The predicted octanol–water partition coefficient (Wildman–Crippen LogP) is 2.98. The lowest BCUT2D eigenvalue weighted by atomic mass is 9.74. The third-order valence-corrected chi connectivity index (χ3v) is 4.18. The third-order valence-electron chi connectivity index (χ3n) is 3.36. The lowest BCUT2D eigenvalue weighted by Crippen LogP contribution is -2.42. The summed E-state index contributed by atoms with van der Waals surface area (Å²) in [5, 5.41) is 6.90. The molecule has 84 valence electrons. The van der Waals surface area contributed by atoms with Crippen LogP contribution in [0.3, 0.4) is 0 Å². The molecule has 0 aromatic carbocycles. The first-order chi connectivity index (χ1) is 7.15. The van der Waals surface area contributed by atoms with Gasteiger partial charge in [0.2, 0.25) is 0 Å². The maximum atomic E-state index is 4.45. The van der Waals surface area contributed by atoms with E-state index in [9.17, 15) is 0 Å². The summed E-state index contributed by atoms with van der Waals surface area (Å²) in [6.07, 6.45) is 2.70. The van der Waals surface area contributed by atoms with Gasteiger partial charge in [-0.1, -0.05) is 13.8 Å². The van der Waals surface area contributed by atoms with E-state index in [0.717, 1.165) is 24.4 Å². The molecule has 1 aromatic rings. The second kappa shape index (κ2) is 4.62. The number of nitrogens with one attached hydrogen (secondary N) is 1. The minimum atomic E-state index is 0.736. The van der Waals surface area contributed by atoms with E-state index in [2.05, 4.69) is 36.5 Å². The lowest BCUT2D eigenvalue weighted by Gasteiger charge is -2.38. The molecule has 2 nitrogen and oxygen atoms in total. The molecule has 0 saturated heterocycles. The van der Waals surface area contributed by atoms with Crippen molar-refractivity contribution in [1.82, 2.24) is 10.3 Å². The van der Waals surface area contributed by atoms with Crippen molar-refractivity contribution in [2.24, 2.45) is 11.8 Å². The molecule has 3 heteroatoms. The van der Waals surface area contributed by atoms with E-state index in [-0.39, 0.29) is 0 Å². The van der Waals surface area contributed by atoms with Gasteiger partial charge in [-0.3, -0.25) is 0 Å². The van der Waals surface area contributed by atoms with Crippen LogP contribution < -0.4 is 5.32 Å². The standard InChI is InChI=1S/C12H20N2S/c1-8(2)10-4-11(5-10)13-6-12-7-15-9(3)14-12/h7-8,10-11,13H,4-6H2,1-3H3. The van der Waals surface area contributed by atoms with Crippen LogP contribution in [-0.4, -0.2) is 11.0 Å². The van der Waals surface area contributed by atoms with Crippen LogP contribution in [-0.2, 0) is 6.54 Å². The average Bonchev–Trinajstić information content (AvgIpc) is 2.48. The van der Waals surface area contributed by atoms with Crippen molar-refractivity contribution in [2.45, 2.75) is 46.2 Å². The molecule has 1 aromatic heterocycles. The Hall–Kier alpha value is -0.410. The highest BCUT2D eigenvalue weighted by Crippen LogP contribution is 2.33. The largest absolute Gasteiger partial charge is 0.308 e. The predicted molar refractivity (Wildman–Crippen MR) is 65.0 cm³/mol. The summed E-state index contributed by atoms with van der Waals surface area (Å²) < 4.78 is 0. The normalized spacial score (nSPS) is 25.6.